The Bertz CT molecular complexity index is 2380. The highest BCUT2D eigenvalue weighted by Crippen LogP contribution is 2.38. The van der Waals surface area contributed by atoms with Crippen molar-refractivity contribution in [3.63, 3.8) is 0 Å². The third-order valence-electron chi connectivity index (χ3n) is 17.1. The second kappa shape index (κ2) is 52.4. The summed E-state index contributed by atoms with van der Waals surface area (Å²) in [5.41, 5.74) is 3.67. The van der Waals surface area contributed by atoms with E-state index >= 15 is 0 Å². The van der Waals surface area contributed by atoms with Crippen LogP contribution in [-0.4, -0.2) is 86.2 Å². The zero-order valence-electron chi connectivity index (χ0n) is 57.5. The van der Waals surface area contributed by atoms with E-state index in [1.54, 1.807) is 12.1 Å². The van der Waals surface area contributed by atoms with E-state index in [1.807, 2.05) is 54.6 Å². The number of nitrogens with one attached hydrogen (secondary N) is 5. The number of H-pyrrole nitrogens is 1. The molecule has 4 amide bonds. The first kappa shape index (κ1) is 77.4. The molecule has 1 heterocycles. The molecule has 0 unspecified atom stereocenters. The summed E-state index contributed by atoms with van der Waals surface area (Å²) in [4.78, 5) is 60.8. The van der Waals surface area contributed by atoms with Gasteiger partial charge in [0.15, 0.2) is 37.9 Å². The molecule has 14 nitrogen and oxygen atoms in total. The van der Waals surface area contributed by atoms with Gasteiger partial charge in [-0.3, -0.25) is 19.2 Å². The van der Waals surface area contributed by atoms with Gasteiger partial charge in [-0.25, -0.2) is 4.98 Å². The standard InChI is InChI=1S/C77H124N6O8/c1-5-9-13-17-21-25-29-33-37-41-55-78-71(84)60-88-67-50-45-64(46-51-67)75-76(65-47-52-68(53-48-65)89-61-72(85)79-56-42-38-34-30-26-22-18-14-10-6-2)83-77(82-75)66-49-54-69(90-62-73(86)80-57-43-39-35-31-27-23-19-15-11-7-3)70(59-66)91-63-74(87)81-58-44-40-36-32-28-24-20-16-12-8-4/h45-54,59H,5-44,55-58,60-63H2,1-4H3,(H,78,84)(H,79,85)(H,80,86)(H,81,87)(H,82,83). The van der Waals surface area contributed by atoms with Gasteiger partial charge in [0.2, 0.25) is 0 Å². The molecule has 91 heavy (non-hydrogen) atoms. The number of benzene rings is 3. The molecule has 0 aliphatic heterocycles. The summed E-state index contributed by atoms with van der Waals surface area (Å²) in [6, 6.07) is 20.5. The smallest absolute Gasteiger partial charge is 0.257 e. The van der Waals surface area contributed by atoms with Gasteiger partial charge >= 0.3 is 0 Å². The zero-order valence-corrected chi connectivity index (χ0v) is 57.5. The highest BCUT2D eigenvalue weighted by atomic mass is 16.5. The van der Waals surface area contributed by atoms with Crippen LogP contribution in [0.25, 0.3) is 33.9 Å². The van der Waals surface area contributed by atoms with Crippen LogP contribution in [0.15, 0.2) is 66.7 Å². The van der Waals surface area contributed by atoms with Crippen molar-refractivity contribution in [3.05, 3.63) is 66.7 Å². The molecule has 1 aromatic heterocycles. The molecule has 0 bridgehead atoms. The maximum atomic E-state index is 13.3. The Hall–Kier alpha value is -6.05. The SMILES string of the molecule is CCCCCCCCCCCCNC(=O)COc1ccc(-c2nc(-c3ccc(OCC(=O)NCCCCCCCCCCCC)c(OCC(=O)NCCCCCCCCCCCC)c3)[nH]c2-c2ccc(OCC(=O)NCCCCCCCCCCCC)cc2)cc1. The maximum absolute atomic E-state index is 13.3. The fraction of sp³-hybridized carbons (Fsp3) is 0.675. The molecule has 4 aromatic rings. The number of aromatic nitrogens is 2. The molecule has 0 atom stereocenters. The number of unbranched alkanes of at least 4 members (excludes halogenated alkanes) is 36. The van der Waals surface area contributed by atoms with Crippen LogP contribution in [0.2, 0.25) is 0 Å². The van der Waals surface area contributed by atoms with E-state index in [2.05, 4.69) is 53.9 Å². The lowest BCUT2D eigenvalue weighted by atomic mass is 10.0. The summed E-state index contributed by atoms with van der Waals surface area (Å²) >= 11 is 0. The Morgan fingerprint density at radius 2 is 0.593 bits per heavy atom. The minimum atomic E-state index is -0.237. The number of carbonyl (C=O) groups is 4. The van der Waals surface area contributed by atoms with Crippen molar-refractivity contribution in [1.82, 2.24) is 31.2 Å². The predicted octanol–water partition coefficient (Wildman–Crippen LogP) is 19.1. The molecule has 0 spiro atoms. The summed E-state index contributed by atoms with van der Waals surface area (Å²) in [5.74, 6) is 1.52. The van der Waals surface area contributed by atoms with Gasteiger partial charge in [-0.2, -0.15) is 0 Å². The number of nitrogens with zero attached hydrogens (tertiary/aromatic N) is 1. The lowest BCUT2D eigenvalue weighted by Crippen LogP contribution is -2.30. The third-order valence-corrected chi connectivity index (χ3v) is 17.1. The zero-order chi connectivity index (χ0) is 64.9. The minimum Gasteiger partial charge on any atom is -0.484 e. The number of hydrogen-bond donors (Lipinski definition) is 5. The van der Waals surface area contributed by atoms with Gasteiger partial charge < -0.3 is 45.2 Å². The van der Waals surface area contributed by atoms with E-state index in [4.69, 9.17) is 23.9 Å². The van der Waals surface area contributed by atoms with Crippen molar-refractivity contribution in [2.45, 2.75) is 285 Å². The minimum absolute atomic E-state index is 0.0821. The van der Waals surface area contributed by atoms with Gasteiger partial charge in [-0.15, -0.1) is 0 Å². The summed E-state index contributed by atoms with van der Waals surface area (Å²) < 4.78 is 24.3. The third kappa shape index (κ3) is 37.3. The summed E-state index contributed by atoms with van der Waals surface area (Å²) in [6.45, 7) is 10.8. The van der Waals surface area contributed by atoms with Crippen LogP contribution >= 0.6 is 0 Å². The normalized spacial score (nSPS) is 11.2. The number of imidazole rings is 1. The van der Waals surface area contributed by atoms with Crippen LogP contribution in [0, 0.1) is 0 Å². The van der Waals surface area contributed by atoms with Gasteiger partial charge in [-0.1, -0.05) is 259 Å². The monoisotopic (exact) mass is 1260 g/mol. The molecule has 14 heteroatoms. The average molecular weight is 1260 g/mol. The van der Waals surface area contributed by atoms with Gasteiger partial charge in [-0.05, 0) is 92.4 Å². The molecule has 0 aliphatic carbocycles. The Kier molecular flexibility index (Phi) is 44.6. The van der Waals surface area contributed by atoms with Crippen LogP contribution in [-0.2, 0) is 19.2 Å². The molecule has 510 valence electrons. The lowest BCUT2D eigenvalue weighted by Gasteiger charge is -2.14. The number of amides is 4. The molecule has 5 N–H and O–H groups in total. The molecule has 0 fully saturated rings. The molecule has 0 radical (unpaired) electrons. The predicted molar refractivity (Wildman–Crippen MR) is 376 cm³/mol. The molecular formula is C77H124N6O8. The van der Waals surface area contributed by atoms with Crippen molar-refractivity contribution in [3.8, 4) is 56.9 Å². The number of hydrogen-bond acceptors (Lipinski definition) is 9. The second-order valence-electron chi connectivity index (χ2n) is 25.3. The highest BCUT2D eigenvalue weighted by molar-refractivity contribution is 5.83. The number of carbonyl (C=O) groups excluding carboxylic acids is 4. The maximum Gasteiger partial charge on any atom is 0.257 e. The van der Waals surface area contributed by atoms with E-state index in [0.29, 0.717) is 66.3 Å². The van der Waals surface area contributed by atoms with Crippen molar-refractivity contribution in [2.24, 2.45) is 0 Å². The lowest BCUT2D eigenvalue weighted by molar-refractivity contribution is -0.124. The fourth-order valence-corrected chi connectivity index (χ4v) is 11.4. The Labute approximate surface area is 551 Å². The summed E-state index contributed by atoms with van der Waals surface area (Å²) in [5, 5.41) is 12.1. The van der Waals surface area contributed by atoms with Crippen LogP contribution in [0.5, 0.6) is 23.0 Å². The Balaban J connectivity index is 1.45. The molecule has 0 saturated heterocycles. The quantitative estimate of drug-likeness (QED) is 0.0269. The summed E-state index contributed by atoms with van der Waals surface area (Å²) in [7, 11) is 0. The number of aromatic amines is 1. The van der Waals surface area contributed by atoms with Gasteiger partial charge in [0.1, 0.15) is 17.3 Å². The summed E-state index contributed by atoms with van der Waals surface area (Å²) in [6.07, 6.45) is 49.2. The Morgan fingerprint density at radius 3 is 0.923 bits per heavy atom. The van der Waals surface area contributed by atoms with E-state index in [-0.39, 0.29) is 50.1 Å². The van der Waals surface area contributed by atoms with Gasteiger partial charge in [0.05, 0.1) is 11.4 Å². The van der Waals surface area contributed by atoms with Crippen molar-refractivity contribution in [1.29, 1.82) is 0 Å². The van der Waals surface area contributed by atoms with E-state index in [0.717, 1.165) is 74.6 Å². The average Bonchev–Trinajstić information content (AvgIpc) is 1.76. The Morgan fingerprint density at radius 1 is 0.319 bits per heavy atom. The van der Waals surface area contributed by atoms with E-state index in [1.165, 1.54) is 199 Å². The first-order valence-corrected chi connectivity index (χ1v) is 36.8. The second-order valence-corrected chi connectivity index (χ2v) is 25.3. The van der Waals surface area contributed by atoms with Crippen LogP contribution < -0.4 is 40.2 Å². The van der Waals surface area contributed by atoms with Crippen LogP contribution in [0.3, 0.4) is 0 Å². The van der Waals surface area contributed by atoms with Crippen molar-refractivity contribution in [2.75, 3.05) is 52.6 Å². The van der Waals surface area contributed by atoms with Gasteiger partial charge in [0.25, 0.3) is 23.6 Å². The molecule has 4 rings (SSSR count). The fourth-order valence-electron chi connectivity index (χ4n) is 11.4. The van der Waals surface area contributed by atoms with Crippen molar-refractivity contribution < 1.29 is 38.1 Å². The first-order chi connectivity index (χ1) is 44.7. The van der Waals surface area contributed by atoms with E-state index in [9.17, 15) is 19.2 Å². The number of rotatable bonds is 59. The van der Waals surface area contributed by atoms with Crippen LogP contribution in [0.1, 0.15) is 285 Å². The topological polar surface area (TPSA) is 182 Å². The van der Waals surface area contributed by atoms with E-state index < -0.39 is 0 Å². The first-order valence-electron chi connectivity index (χ1n) is 36.8. The van der Waals surface area contributed by atoms with Gasteiger partial charge in [0, 0.05) is 42.9 Å². The molecular weight excluding hydrogens is 1140 g/mol. The molecule has 3 aromatic carbocycles. The highest BCUT2D eigenvalue weighted by Gasteiger charge is 2.20. The molecule has 0 aliphatic rings. The number of ether oxygens (including phenoxy) is 4. The van der Waals surface area contributed by atoms with Crippen molar-refractivity contribution >= 4 is 23.6 Å². The molecule has 0 saturated carbocycles. The van der Waals surface area contributed by atoms with Crippen LogP contribution in [0.4, 0.5) is 0 Å². The largest absolute Gasteiger partial charge is 0.484 e.